The summed E-state index contributed by atoms with van der Waals surface area (Å²) in [5.41, 5.74) is 2.59. The number of aryl methyl sites for hydroxylation is 1. The van der Waals surface area contributed by atoms with E-state index in [1.165, 1.54) is 0 Å². The molecule has 1 aliphatic rings. The van der Waals surface area contributed by atoms with Gasteiger partial charge < -0.3 is 4.52 Å². The third-order valence-electron chi connectivity index (χ3n) is 4.77. The lowest BCUT2D eigenvalue weighted by Gasteiger charge is -2.23. The van der Waals surface area contributed by atoms with Crippen LogP contribution in [-0.4, -0.2) is 37.4 Å². The Morgan fingerprint density at radius 1 is 1.23 bits per heavy atom. The molecule has 1 aliphatic heterocycles. The number of likely N-dealkylation sites (tertiary alicyclic amines) is 1. The van der Waals surface area contributed by atoms with E-state index in [0.29, 0.717) is 6.54 Å². The van der Waals surface area contributed by atoms with Crippen molar-refractivity contribution >= 4 is 0 Å². The minimum absolute atomic E-state index is 0.0769. The summed E-state index contributed by atoms with van der Waals surface area (Å²) in [4.78, 5) is 18.7. The van der Waals surface area contributed by atoms with E-state index >= 15 is 0 Å². The van der Waals surface area contributed by atoms with Crippen LogP contribution in [-0.2, 0) is 13.1 Å². The molecule has 7 nitrogen and oxygen atoms in total. The Labute approximate surface area is 151 Å². The summed E-state index contributed by atoms with van der Waals surface area (Å²) in [5, 5.41) is 8.65. The second-order valence-electron chi connectivity index (χ2n) is 6.67. The summed E-state index contributed by atoms with van der Waals surface area (Å²) in [7, 11) is 0. The zero-order chi connectivity index (χ0) is 17.9. The van der Waals surface area contributed by atoms with Gasteiger partial charge in [-0.15, -0.1) is 0 Å². The fourth-order valence-electron chi connectivity index (χ4n) is 3.47. The second kappa shape index (κ2) is 7.21. The van der Waals surface area contributed by atoms with E-state index in [2.05, 4.69) is 20.1 Å². The van der Waals surface area contributed by atoms with Gasteiger partial charge in [-0.25, -0.2) is 4.68 Å². The topological polar surface area (TPSA) is 77.1 Å². The third kappa shape index (κ3) is 3.57. The van der Waals surface area contributed by atoms with Crippen LogP contribution in [0.1, 0.15) is 24.3 Å². The molecule has 0 bridgehead atoms. The SMILES string of the molecule is Cc1cc(CN2CCCC2Cn2nc(-c3ccncc3)ccc2=O)no1. The molecule has 0 N–H and O–H groups in total. The Morgan fingerprint density at radius 2 is 2.08 bits per heavy atom. The largest absolute Gasteiger partial charge is 0.361 e. The van der Waals surface area contributed by atoms with E-state index in [1.807, 2.05) is 25.1 Å². The van der Waals surface area contributed by atoms with Crippen molar-refractivity contribution < 1.29 is 4.52 Å². The van der Waals surface area contributed by atoms with Crippen LogP contribution in [0.3, 0.4) is 0 Å². The Hall–Kier alpha value is -2.80. The maximum atomic E-state index is 12.3. The summed E-state index contributed by atoms with van der Waals surface area (Å²) in [6, 6.07) is 9.37. The molecule has 0 radical (unpaired) electrons. The van der Waals surface area contributed by atoms with E-state index in [4.69, 9.17) is 4.52 Å². The van der Waals surface area contributed by atoms with Crippen molar-refractivity contribution in [2.75, 3.05) is 6.54 Å². The number of nitrogens with zero attached hydrogens (tertiary/aromatic N) is 5. The molecular formula is C19H21N5O2. The first-order valence-corrected chi connectivity index (χ1v) is 8.84. The highest BCUT2D eigenvalue weighted by Gasteiger charge is 2.26. The summed E-state index contributed by atoms with van der Waals surface area (Å²) >= 11 is 0. The van der Waals surface area contributed by atoms with E-state index in [-0.39, 0.29) is 11.6 Å². The van der Waals surface area contributed by atoms with Crippen molar-refractivity contribution in [3.63, 3.8) is 0 Å². The van der Waals surface area contributed by atoms with Gasteiger partial charge in [0.05, 0.1) is 17.9 Å². The first kappa shape index (κ1) is 16.7. The van der Waals surface area contributed by atoms with E-state index < -0.39 is 0 Å². The summed E-state index contributed by atoms with van der Waals surface area (Å²) in [6.07, 6.45) is 5.61. The van der Waals surface area contributed by atoms with Gasteiger partial charge in [-0.3, -0.25) is 14.7 Å². The minimum atomic E-state index is -0.0769. The van der Waals surface area contributed by atoms with Crippen LogP contribution in [0.4, 0.5) is 0 Å². The highest BCUT2D eigenvalue weighted by Crippen LogP contribution is 2.21. The Balaban J connectivity index is 1.53. The number of rotatable bonds is 5. The van der Waals surface area contributed by atoms with Crippen LogP contribution in [0.2, 0.25) is 0 Å². The lowest BCUT2D eigenvalue weighted by Crippen LogP contribution is -2.36. The molecule has 1 atom stereocenters. The van der Waals surface area contributed by atoms with Gasteiger partial charge in [-0.05, 0) is 44.5 Å². The normalized spacial score (nSPS) is 17.7. The van der Waals surface area contributed by atoms with Gasteiger partial charge in [0.25, 0.3) is 5.56 Å². The molecule has 7 heteroatoms. The molecule has 0 aromatic carbocycles. The predicted octanol–water partition coefficient (Wildman–Crippen LogP) is 2.27. The van der Waals surface area contributed by atoms with Gasteiger partial charge in [0, 0.05) is 42.7 Å². The zero-order valence-electron chi connectivity index (χ0n) is 14.7. The monoisotopic (exact) mass is 351 g/mol. The lowest BCUT2D eigenvalue weighted by molar-refractivity contribution is 0.211. The van der Waals surface area contributed by atoms with Crippen LogP contribution >= 0.6 is 0 Å². The predicted molar refractivity (Wildman–Crippen MR) is 96.4 cm³/mol. The molecular weight excluding hydrogens is 330 g/mol. The molecule has 3 aromatic heterocycles. The average Bonchev–Trinajstić information content (AvgIpc) is 3.27. The molecule has 1 unspecified atom stereocenters. The van der Waals surface area contributed by atoms with Crippen LogP contribution < -0.4 is 5.56 Å². The Kier molecular flexibility index (Phi) is 4.62. The fourth-order valence-corrected chi connectivity index (χ4v) is 3.47. The van der Waals surface area contributed by atoms with Gasteiger partial charge in [0.15, 0.2) is 0 Å². The molecule has 1 fully saturated rings. The number of hydrogen-bond donors (Lipinski definition) is 0. The van der Waals surface area contributed by atoms with Crippen molar-refractivity contribution in [1.82, 2.24) is 24.8 Å². The van der Waals surface area contributed by atoms with Crippen molar-refractivity contribution in [2.24, 2.45) is 0 Å². The smallest absolute Gasteiger partial charge is 0.266 e. The second-order valence-corrected chi connectivity index (χ2v) is 6.67. The summed E-state index contributed by atoms with van der Waals surface area (Å²) < 4.78 is 6.74. The minimum Gasteiger partial charge on any atom is -0.361 e. The number of aromatic nitrogens is 4. The van der Waals surface area contributed by atoms with Gasteiger partial charge in [-0.1, -0.05) is 5.16 Å². The molecule has 3 aromatic rings. The van der Waals surface area contributed by atoms with Gasteiger partial charge >= 0.3 is 0 Å². The van der Waals surface area contributed by atoms with Gasteiger partial charge in [0.2, 0.25) is 0 Å². The van der Waals surface area contributed by atoms with E-state index in [1.54, 1.807) is 29.2 Å². The molecule has 4 rings (SSSR count). The third-order valence-corrected chi connectivity index (χ3v) is 4.77. The highest BCUT2D eigenvalue weighted by atomic mass is 16.5. The van der Waals surface area contributed by atoms with Gasteiger partial charge in [-0.2, -0.15) is 5.10 Å². The van der Waals surface area contributed by atoms with Crippen molar-refractivity contribution in [3.8, 4) is 11.3 Å². The fraction of sp³-hybridized carbons (Fsp3) is 0.368. The lowest BCUT2D eigenvalue weighted by atomic mass is 10.2. The molecule has 26 heavy (non-hydrogen) atoms. The van der Waals surface area contributed by atoms with Crippen molar-refractivity contribution in [1.29, 1.82) is 0 Å². The van der Waals surface area contributed by atoms with Crippen LogP contribution in [0, 0.1) is 6.92 Å². The van der Waals surface area contributed by atoms with Gasteiger partial charge in [0.1, 0.15) is 5.76 Å². The zero-order valence-corrected chi connectivity index (χ0v) is 14.7. The van der Waals surface area contributed by atoms with Crippen LogP contribution in [0.15, 0.2) is 52.0 Å². The first-order chi connectivity index (χ1) is 12.7. The summed E-state index contributed by atoms with van der Waals surface area (Å²) in [6.45, 7) is 4.21. The quantitative estimate of drug-likeness (QED) is 0.702. The van der Waals surface area contributed by atoms with Crippen LogP contribution in [0.5, 0.6) is 0 Å². The van der Waals surface area contributed by atoms with E-state index in [0.717, 1.165) is 48.6 Å². The Bertz CT molecular complexity index is 934. The number of pyridine rings is 1. The molecule has 0 spiro atoms. The first-order valence-electron chi connectivity index (χ1n) is 8.84. The maximum Gasteiger partial charge on any atom is 0.266 e. The average molecular weight is 351 g/mol. The summed E-state index contributed by atoms with van der Waals surface area (Å²) in [5.74, 6) is 0.818. The molecule has 0 amide bonds. The molecule has 0 aliphatic carbocycles. The Morgan fingerprint density at radius 3 is 2.85 bits per heavy atom. The van der Waals surface area contributed by atoms with Crippen molar-refractivity contribution in [2.45, 2.75) is 38.9 Å². The molecule has 0 saturated carbocycles. The molecule has 4 heterocycles. The molecule has 1 saturated heterocycles. The van der Waals surface area contributed by atoms with Crippen molar-refractivity contribution in [3.05, 3.63) is 64.5 Å². The molecule has 134 valence electrons. The highest BCUT2D eigenvalue weighted by molar-refractivity contribution is 5.56. The number of hydrogen-bond acceptors (Lipinski definition) is 6. The van der Waals surface area contributed by atoms with Crippen LogP contribution in [0.25, 0.3) is 11.3 Å². The maximum absolute atomic E-state index is 12.3. The standard InChI is InChI=1S/C19H21N5O2/c1-14-11-16(22-26-14)12-23-10-2-3-17(23)13-24-19(25)5-4-18(21-24)15-6-8-20-9-7-15/h4-9,11,17H,2-3,10,12-13H2,1H3. The van der Waals surface area contributed by atoms with E-state index in [9.17, 15) is 4.79 Å².